The molecule has 2 fully saturated rings. The van der Waals surface area contributed by atoms with Gasteiger partial charge >= 0.3 is 0 Å². The summed E-state index contributed by atoms with van der Waals surface area (Å²) in [4.78, 5) is 14.7. The maximum absolute atomic E-state index is 12.2. The Labute approximate surface area is 121 Å². The van der Waals surface area contributed by atoms with E-state index in [0.29, 0.717) is 18.6 Å². The summed E-state index contributed by atoms with van der Waals surface area (Å²) >= 11 is 0. The van der Waals surface area contributed by atoms with Crippen LogP contribution in [0.25, 0.3) is 0 Å². The SMILES string of the molecule is Cc1ccc(NC(=O)CN(C2CC2)C(C)C2CC2)cc1. The van der Waals surface area contributed by atoms with Crippen molar-refractivity contribution in [3.8, 4) is 0 Å². The Kier molecular flexibility index (Phi) is 3.79. The quantitative estimate of drug-likeness (QED) is 0.862. The molecule has 1 unspecified atom stereocenters. The minimum absolute atomic E-state index is 0.119. The summed E-state index contributed by atoms with van der Waals surface area (Å²) in [5.41, 5.74) is 2.11. The molecule has 108 valence electrons. The predicted molar refractivity (Wildman–Crippen MR) is 81.7 cm³/mol. The van der Waals surface area contributed by atoms with Gasteiger partial charge < -0.3 is 5.32 Å². The van der Waals surface area contributed by atoms with Gasteiger partial charge in [-0.05, 0) is 57.6 Å². The molecule has 1 aromatic carbocycles. The van der Waals surface area contributed by atoms with Gasteiger partial charge in [0, 0.05) is 17.8 Å². The topological polar surface area (TPSA) is 32.3 Å². The van der Waals surface area contributed by atoms with Crippen molar-refractivity contribution in [2.24, 2.45) is 5.92 Å². The number of anilines is 1. The fraction of sp³-hybridized carbons (Fsp3) is 0.588. The third kappa shape index (κ3) is 3.40. The van der Waals surface area contributed by atoms with E-state index in [2.05, 4.69) is 24.1 Å². The first-order chi connectivity index (χ1) is 9.63. The second kappa shape index (κ2) is 5.57. The summed E-state index contributed by atoms with van der Waals surface area (Å²) in [6.45, 7) is 4.88. The van der Waals surface area contributed by atoms with Gasteiger partial charge in [0.05, 0.1) is 6.54 Å². The number of hydrogen-bond donors (Lipinski definition) is 1. The van der Waals surface area contributed by atoms with Crippen molar-refractivity contribution < 1.29 is 4.79 Å². The van der Waals surface area contributed by atoms with Crippen LogP contribution in [0.1, 0.15) is 38.2 Å². The van der Waals surface area contributed by atoms with Gasteiger partial charge in [-0.25, -0.2) is 0 Å². The lowest BCUT2D eigenvalue weighted by Crippen LogP contribution is -2.42. The molecule has 0 saturated heterocycles. The van der Waals surface area contributed by atoms with Crippen molar-refractivity contribution >= 4 is 11.6 Å². The maximum Gasteiger partial charge on any atom is 0.238 e. The smallest absolute Gasteiger partial charge is 0.238 e. The van der Waals surface area contributed by atoms with Crippen LogP contribution in [0, 0.1) is 12.8 Å². The Balaban J connectivity index is 1.57. The first-order valence-corrected chi connectivity index (χ1v) is 7.76. The third-order valence-electron chi connectivity index (χ3n) is 4.50. The zero-order chi connectivity index (χ0) is 14.1. The van der Waals surface area contributed by atoms with Gasteiger partial charge in [0.15, 0.2) is 0 Å². The molecule has 3 rings (SSSR count). The van der Waals surface area contributed by atoms with E-state index >= 15 is 0 Å². The predicted octanol–water partition coefficient (Wildman–Crippen LogP) is 3.20. The van der Waals surface area contributed by atoms with Crippen molar-refractivity contribution in [1.29, 1.82) is 0 Å². The van der Waals surface area contributed by atoms with E-state index in [0.717, 1.165) is 11.6 Å². The number of rotatable bonds is 6. The monoisotopic (exact) mass is 272 g/mol. The van der Waals surface area contributed by atoms with Crippen LogP contribution in [0.3, 0.4) is 0 Å². The molecule has 2 saturated carbocycles. The highest BCUT2D eigenvalue weighted by molar-refractivity contribution is 5.92. The second-order valence-corrected chi connectivity index (χ2v) is 6.40. The molecule has 1 atom stereocenters. The van der Waals surface area contributed by atoms with E-state index in [1.807, 2.05) is 24.3 Å². The Morgan fingerprint density at radius 3 is 2.45 bits per heavy atom. The minimum atomic E-state index is 0.119. The van der Waals surface area contributed by atoms with Crippen molar-refractivity contribution in [1.82, 2.24) is 4.90 Å². The van der Waals surface area contributed by atoms with E-state index in [4.69, 9.17) is 0 Å². The third-order valence-corrected chi connectivity index (χ3v) is 4.50. The van der Waals surface area contributed by atoms with Gasteiger partial charge in [-0.3, -0.25) is 9.69 Å². The first-order valence-electron chi connectivity index (χ1n) is 7.76. The molecule has 0 aromatic heterocycles. The normalized spacial score (nSPS) is 19.9. The number of carbonyl (C=O) groups is 1. The van der Waals surface area contributed by atoms with Gasteiger partial charge in [0.1, 0.15) is 0 Å². The van der Waals surface area contributed by atoms with Gasteiger partial charge in [-0.1, -0.05) is 17.7 Å². The Morgan fingerprint density at radius 2 is 1.90 bits per heavy atom. The molecule has 0 aliphatic heterocycles. The molecule has 1 N–H and O–H groups in total. The van der Waals surface area contributed by atoms with E-state index in [9.17, 15) is 4.79 Å². The molecule has 1 aromatic rings. The minimum Gasteiger partial charge on any atom is -0.325 e. The zero-order valence-corrected chi connectivity index (χ0v) is 12.4. The number of amides is 1. The molecular weight excluding hydrogens is 248 g/mol. The standard InChI is InChI=1S/C17H24N2O/c1-12-3-7-15(8-4-12)18-17(20)11-19(16-9-10-16)13(2)14-5-6-14/h3-4,7-8,13-14,16H,5-6,9-11H2,1-2H3,(H,18,20). The average Bonchev–Trinajstić information content (AvgIpc) is 3.29. The molecule has 0 radical (unpaired) electrons. The highest BCUT2D eigenvalue weighted by atomic mass is 16.2. The molecule has 3 nitrogen and oxygen atoms in total. The van der Waals surface area contributed by atoms with Crippen LogP contribution < -0.4 is 5.32 Å². The summed E-state index contributed by atoms with van der Waals surface area (Å²) in [7, 11) is 0. The van der Waals surface area contributed by atoms with Gasteiger partial charge in [0.2, 0.25) is 5.91 Å². The fourth-order valence-electron chi connectivity index (χ4n) is 2.86. The largest absolute Gasteiger partial charge is 0.325 e. The van der Waals surface area contributed by atoms with Crippen molar-refractivity contribution in [3.63, 3.8) is 0 Å². The van der Waals surface area contributed by atoms with Crippen LogP contribution in [-0.4, -0.2) is 29.4 Å². The van der Waals surface area contributed by atoms with Gasteiger partial charge in [-0.2, -0.15) is 0 Å². The summed E-state index contributed by atoms with van der Waals surface area (Å²) in [6.07, 6.45) is 5.19. The number of carbonyl (C=O) groups excluding carboxylic acids is 1. The summed E-state index contributed by atoms with van der Waals surface area (Å²) in [6, 6.07) is 9.21. The van der Waals surface area contributed by atoms with Crippen LogP contribution in [0.4, 0.5) is 5.69 Å². The van der Waals surface area contributed by atoms with E-state index < -0.39 is 0 Å². The van der Waals surface area contributed by atoms with E-state index in [1.54, 1.807) is 0 Å². The Morgan fingerprint density at radius 1 is 1.25 bits per heavy atom. The summed E-state index contributed by atoms with van der Waals surface area (Å²) in [5, 5.41) is 3.02. The Hall–Kier alpha value is -1.35. The fourth-order valence-corrected chi connectivity index (χ4v) is 2.86. The molecular formula is C17H24N2O. The van der Waals surface area contributed by atoms with Crippen molar-refractivity contribution in [2.45, 2.75) is 51.6 Å². The highest BCUT2D eigenvalue weighted by Gasteiger charge is 2.39. The molecule has 2 aliphatic rings. The molecule has 2 aliphatic carbocycles. The maximum atomic E-state index is 12.2. The van der Waals surface area contributed by atoms with Gasteiger partial charge in [0.25, 0.3) is 0 Å². The van der Waals surface area contributed by atoms with Crippen LogP contribution in [0.2, 0.25) is 0 Å². The van der Waals surface area contributed by atoms with Crippen LogP contribution in [-0.2, 0) is 4.79 Å². The molecule has 0 bridgehead atoms. The lowest BCUT2D eigenvalue weighted by atomic mass is 10.1. The second-order valence-electron chi connectivity index (χ2n) is 6.40. The van der Waals surface area contributed by atoms with Crippen molar-refractivity contribution in [2.75, 3.05) is 11.9 Å². The van der Waals surface area contributed by atoms with Crippen LogP contribution in [0.15, 0.2) is 24.3 Å². The number of hydrogen-bond acceptors (Lipinski definition) is 2. The molecule has 0 spiro atoms. The Bertz CT molecular complexity index is 474. The molecule has 0 heterocycles. The van der Waals surface area contributed by atoms with Crippen LogP contribution in [0.5, 0.6) is 0 Å². The van der Waals surface area contributed by atoms with Crippen LogP contribution >= 0.6 is 0 Å². The number of aryl methyl sites for hydroxylation is 1. The summed E-state index contributed by atoms with van der Waals surface area (Å²) in [5.74, 6) is 0.941. The molecule has 20 heavy (non-hydrogen) atoms. The van der Waals surface area contributed by atoms with E-state index in [1.165, 1.54) is 31.2 Å². The first kappa shape index (κ1) is 13.6. The lowest BCUT2D eigenvalue weighted by Gasteiger charge is -2.28. The van der Waals surface area contributed by atoms with Gasteiger partial charge in [-0.15, -0.1) is 0 Å². The number of nitrogens with zero attached hydrogens (tertiary/aromatic N) is 1. The average molecular weight is 272 g/mol. The molecule has 1 amide bonds. The number of nitrogens with one attached hydrogen (secondary N) is 1. The van der Waals surface area contributed by atoms with Crippen molar-refractivity contribution in [3.05, 3.63) is 29.8 Å². The zero-order valence-electron chi connectivity index (χ0n) is 12.4. The van der Waals surface area contributed by atoms with E-state index in [-0.39, 0.29) is 5.91 Å². The lowest BCUT2D eigenvalue weighted by molar-refractivity contribution is -0.118. The summed E-state index contributed by atoms with van der Waals surface area (Å²) < 4.78 is 0. The molecule has 3 heteroatoms. The number of benzene rings is 1. The highest BCUT2D eigenvalue weighted by Crippen LogP contribution is 2.39.